The second-order valence-corrected chi connectivity index (χ2v) is 7.06. The summed E-state index contributed by atoms with van der Waals surface area (Å²) in [5, 5.41) is 3.40. The molecule has 0 bridgehead atoms. The molecule has 1 unspecified atom stereocenters. The van der Waals surface area contributed by atoms with E-state index >= 15 is 0 Å². The van der Waals surface area contributed by atoms with Gasteiger partial charge >= 0.3 is 0 Å². The average molecular weight is 299 g/mol. The lowest BCUT2D eigenvalue weighted by atomic mass is 9.65. The first-order valence-corrected chi connectivity index (χ1v) is 8.55. The van der Waals surface area contributed by atoms with Gasteiger partial charge in [0.15, 0.2) is 5.96 Å². The first-order valence-electron chi connectivity index (χ1n) is 8.55. The molecule has 2 aliphatic carbocycles. The lowest BCUT2D eigenvalue weighted by molar-refractivity contribution is 0.113. The molecule has 4 heteroatoms. The zero-order valence-corrected chi connectivity index (χ0v) is 13.1. The Balaban J connectivity index is 1.42. The predicted molar refractivity (Wildman–Crippen MR) is 87.9 cm³/mol. The lowest BCUT2D eigenvalue weighted by Gasteiger charge is -2.41. The standard InChI is InChI=1S/C18H25N3O/c19-17(20-12-18(9-3-10-18)13-6-7-13)21-15-8-11-22-16-5-2-1-4-14(15)16/h1-2,4-5,13,15H,3,6-12H2,(H3,19,20,21). The summed E-state index contributed by atoms with van der Waals surface area (Å²) in [6.45, 7) is 1.63. The Morgan fingerprint density at radius 3 is 2.82 bits per heavy atom. The van der Waals surface area contributed by atoms with Gasteiger partial charge in [0, 0.05) is 18.5 Å². The van der Waals surface area contributed by atoms with Crippen LogP contribution in [0, 0.1) is 11.3 Å². The number of hydrogen-bond acceptors (Lipinski definition) is 2. The van der Waals surface area contributed by atoms with Crippen LogP contribution in [0.15, 0.2) is 29.3 Å². The number of hydrogen-bond donors (Lipinski definition) is 2. The van der Waals surface area contributed by atoms with Crippen molar-refractivity contribution in [2.75, 3.05) is 13.2 Å². The largest absolute Gasteiger partial charge is 0.493 e. The number of fused-ring (bicyclic) bond motifs is 1. The van der Waals surface area contributed by atoms with E-state index in [0.29, 0.717) is 11.4 Å². The summed E-state index contributed by atoms with van der Waals surface area (Å²) >= 11 is 0. The Hall–Kier alpha value is -1.71. The van der Waals surface area contributed by atoms with E-state index in [1.165, 1.54) is 37.7 Å². The van der Waals surface area contributed by atoms with E-state index in [1.807, 2.05) is 18.2 Å². The Morgan fingerprint density at radius 2 is 2.09 bits per heavy atom. The van der Waals surface area contributed by atoms with E-state index in [4.69, 9.17) is 10.5 Å². The van der Waals surface area contributed by atoms with E-state index in [2.05, 4.69) is 16.4 Å². The van der Waals surface area contributed by atoms with Crippen LogP contribution in [0.1, 0.15) is 50.1 Å². The molecule has 0 aromatic heterocycles. The molecule has 4 rings (SSSR count). The quantitative estimate of drug-likeness (QED) is 0.664. The topological polar surface area (TPSA) is 59.6 Å². The van der Waals surface area contributed by atoms with Crippen molar-refractivity contribution in [3.63, 3.8) is 0 Å². The fraction of sp³-hybridized carbons (Fsp3) is 0.611. The third kappa shape index (κ3) is 2.55. The molecule has 1 aromatic carbocycles. The van der Waals surface area contributed by atoms with Gasteiger partial charge in [0.2, 0.25) is 0 Å². The maximum Gasteiger partial charge on any atom is 0.189 e. The summed E-state index contributed by atoms with van der Waals surface area (Å²) in [5.74, 6) is 2.47. The van der Waals surface area contributed by atoms with Crippen LogP contribution in [0.25, 0.3) is 0 Å². The van der Waals surface area contributed by atoms with E-state index in [-0.39, 0.29) is 6.04 Å². The molecule has 0 saturated heterocycles. The molecule has 0 amide bonds. The first-order chi connectivity index (χ1) is 10.8. The summed E-state index contributed by atoms with van der Waals surface area (Å²) < 4.78 is 5.70. The predicted octanol–water partition coefficient (Wildman–Crippen LogP) is 2.99. The monoisotopic (exact) mass is 299 g/mol. The van der Waals surface area contributed by atoms with Crippen LogP contribution >= 0.6 is 0 Å². The van der Waals surface area contributed by atoms with Crippen LogP contribution in [0.2, 0.25) is 0 Å². The molecule has 1 aliphatic heterocycles. The molecule has 4 nitrogen and oxygen atoms in total. The van der Waals surface area contributed by atoms with E-state index in [0.717, 1.165) is 31.2 Å². The highest BCUT2D eigenvalue weighted by molar-refractivity contribution is 5.78. The smallest absolute Gasteiger partial charge is 0.189 e. The molecule has 3 aliphatic rings. The van der Waals surface area contributed by atoms with Gasteiger partial charge in [-0.25, -0.2) is 0 Å². The van der Waals surface area contributed by atoms with Crippen molar-refractivity contribution in [3.8, 4) is 5.75 Å². The number of nitrogens with two attached hydrogens (primary N) is 1. The van der Waals surface area contributed by atoms with Crippen molar-refractivity contribution in [2.24, 2.45) is 22.1 Å². The number of nitrogens with zero attached hydrogens (tertiary/aromatic N) is 1. The molecule has 1 atom stereocenters. The van der Waals surface area contributed by atoms with Crippen molar-refractivity contribution in [3.05, 3.63) is 29.8 Å². The fourth-order valence-corrected chi connectivity index (χ4v) is 3.98. The second-order valence-electron chi connectivity index (χ2n) is 7.06. The molecule has 1 aromatic rings. The van der Waals surface area contributed by atoms with Crippen LogP contribution in [0.3, 0.4) is 0 Å². The SMILES string of the molecule is NC(=NCC1(C2CC2)CCC1)NC1CCOc2ccccc21. The number of aliphatic imine (C=N–C) groups is 1. The van der Waals surface area contributed by atoms with Crippen LogP contribution in [-0.4, -0.2) is 19.1 Å². The fourth-order valence-electron chi connectivity index (χ4n) is 3.98. The minimum Gasteiger partial charge on any atom is -0.493 e. The van der Waals surface area contributed by atoms with E-state index in [9.17, 15) is 0 Å². The molecule has 2 fully saturated rings. The van der Waals surface area contributed by atoms with Gasteiger partial charge in [-0.2, -0.15) is 0 Å². The molecule has 1 heterocycles. The lowest BCUT2D eigenvalue weighted by Crippen LogP contribution is -2.40. The molecule has 2 saturated carbocycles. The van der Waals surface area contributed by atoms with Gasteiger partial charge in [0.05, 0.1) is 12.6 Å². The Bertz CT molecular complexity index is 575. The molecule has 0 spiro atoms. The average Bonchev–Trinajstić information content (AvgIpc) is 3.32. The minimum atomic E-state index is 0.215. The maximum absolute atomic E-state index is 6.17. The van der Waals surface area contributed by atoms with Gasteiger partial charge in [-0.05, 0) is 43.1 Å². The van der Waals surface area contributed by atoms with Gasteiger partial charge in [-0.3, -0.25) is 4.99 Å². The van der Waals surface area contributed by atoms with Crippen molar-refractivity contribution in [1.29, 1.82) is 0 Å². The van der Waals surface area contributed by atoms with Crippen molar-refractivity contribution >= 4 is 5.96 Å². The number of benzene rings is 1. The number of rotatable bonds is 4. The molecule has 118 valence electrons. The maximum atomic E-state index is 6.17. The van der Waals surface area contributed by atoms with Crippen LogP contribution in [-0.2, 0) is 0 Å². The van der Waals surface area contributed by atoms with E-state index < -0.39 is 0 Å². The zero-order chi connectivity index (χ0) is 15.0. The molecular formula is C18H25N3O. The van der Waals surface area contributed by atoms with E-state index in [1.54, 1.807) is 0 Å². The zero-order valence-electron chi connectivity index (χ0n) is 13.1. The summed E-state index contributed by atoms with van der Waals surface area (Å²) in [4.78, 5) is 4.69. The van der Waals surface area contributed by atoms with Crippen molar-refractivity contribution in [1.82, 2.24) is 5.32 Å². The first kappa shape index (κ1) is 13.9. The highest BCUT2D eigenvalue weighted by Gasteiger charge is 2.48. The normalized spacial score (nSPS) is 26.5. The Kier molecular flexibility index (Phi) is 3.47. The summed E-state index contributed by atoms with van der Waals surface area (Å²) in [6.07, 6.45) is 7.78. The Labute approximate surface area is 132 Å². The molecular weight excluding hydrogens is 274 g/mol. The van der Waals surface area contributed by atoms with Gasteiger partial charge in [-0.15, -0.1) is 0 Å². The van der Waals surface area contributed by atoms with Crippen LogP contribution < -0.4 is 15.8 Å². The van der Waals surface area contributed by atoms with Crippen LogP contribution in [0.4, 0.5) is 0 Å². The highest BCUT2D eigenvalue weighted by Crippen LogP contribution is 2.57. The van der Waals surface area contributed by atoms with Gasteiger partial charge < -0.3 is 15.8 Å². The highest BCUT2D eigenvalue weighted by atomic mass is 16.5. The third-order valence-corrected chi connectivity index (χ3v) is 5.64. The number of nitrogens with one attached hydrogen (secondary N) is 1. The van der Waals surface area contributed by atoms with Gasteiger partial charge in [-0.1, -0.05) is 24.6 Å². The summed E-state index contributed by atoms with van der Waals surface area (Å²) in [7, 11) is 0. The van der Waals surface area contributed by atoms with Crippen molar-refractivity contribution < 1.29 is 4.74 Å². The third-order valence-electron chi connectivity index (χ3n) is 5.64. The summed E-state index contributed by atoms with van der Waals surface area (Å²) in [6, 6.07) is 8.40. The second kappa shape index (κ2) is 5.49. The van der Waals surface area contributed by atoms with Gasteiger partial charge in [0.25, 0.3) is 0 Å². The van der Waals surface area contributed by atoms with Crippen molar-refractivity contribution in [2.45, 2.75) is 44.6 Å². The number of para-hydroxylation sites is 1. The Morgan fingerprint density at radius 1 is 1.27 bits per heavy atom. The van der Waals surface area contributed by atoms with Gasteiger partial charge in [0.1, 0.15) is 5.75 Å². The molecule has 22 heavy (non-hydrogen) atoms. The summed E-state index contributed by atoms with van der Waals surface area (Å²) in [5.41, 5.74) is 7.84. The number of ether oxygens (including phenoxy) is 1. The molecule has 0 radical (unpaired) electrons. The molecule has 3 N–H and O–H groups in total. The van der Waals surface area contributed by atoms with Crippen LogP contribution in [0.5, 0.6) is 5.75 Å². The number of guanidine groups is 1. The minimum absolute atomic E-state index is 0.215.